The van der Waals surface area contributed by atoms with E-state index in [1.807, 2.05) is 52.8 Å². The van der Waals surface area contributed by atoms with Crippen LogP contribution in [0.5, 0.6) is 0 Å². The second kappa shape index (κ2) is 5.07. The minimum atomic E-state index is -0.245. The van der Waals surface area contributed by atoms with Crippen molar-refractivity contribution in [3.05, 3.63) is 40.6 Å². The van der Waals surface area contributed by atoms with Gasteiger partial charge < -0.3 is 5.32 Å². The highest BCUT2D eigenvalue weighted by molar-refractivity contribution is 6.05. The normalized spacial score (nSPS) is 11.4. The molecule has 5 heteroatoms. The summed E-state index contributed by atoms with van der Waals surface area (Å²) < 4.78 is 4.74. The topological polar surface area (TPSA) is 68.0 Å². The van der Waals surface area contributed by atoms with Gasteiger partial charge in [-0.2, -0.15) is 0 Å². The predicted octanol–water partition coefficient (Wildman–Crippen LogP) is 3.24. The third-order valence-corrected chi connectivity index (χ3v) is 3.06. The third-order valence-electron chi connectivity index (χ3n) is 3.06. The van der Waals surface area contributed by atoms with E-state index in [2.05, 4.69) is 15.6 Å². The van der Waals surface area contributed by atoms with Crippen LogP contribution in [-0.4, -0.2) is 16.2 Å². The summed E-state index contributed by atoms with van der Waals surface area (Å²) in [5.41, 5.74) is 3.06. The Labute approximate surface area is 118 Å². The molecule has 20 heavy (non-hydrogen) atoms. The highest BCUT2D eigenvalue weighted by atomic mass is 16.6. The van der Waals surface area contributed by atoms with Gasteiger partial charge in [-0.05, 0) is 30.6 Å². The van der Waals surface area contributed by atoms with Crippen LogP contribution in [0.1, 0.15) is 48.0 Å². The molecular formula is C15H19N3O2. The maximum Gasteiger partial charge on any atom is 0.257 e. The number of carbonyl (C=O) groups excluding carboxylic acids is 1. The van der Waals surface area contributed by atoms with Crippen LogP contribution in [0.3, 0.4) is 0 Å². The molecule has 0 fully saturated rings. The zero-order valence-electron chi connectivity index (χ0n) is 12.4. The Morgan fingerprint density at radius 2 is 1.90 bits per heavy atom. The predicted molar refractivity (Wildman–Crippen MR) is 76.9 cm³/mol. The minimum absolute atomic E-state index is 0.205. The average Bonchev–Trinajstić information content (AvgIpc) is 2.76. The maximum absolute atomic E-state index is 12.3. The molecular weight excluding hydrogens is 254 g/mol. The number of carbonyl (C=O) groups is 1. The number of rotatable bonds is 2. The van der Waals surface area contributed by atoms with Crippen molar-refractivity contribution in [3.8, 4) is 0 Å². The summed E-state index contributed by atoms with van der Waals surface area (Å²) in [6.07, 6.45) is 0. The van der Waals surface area contributed by atoms with Gasteiger partial charge in [0.05, 0.1) is 0 Å². The fraction of sp³-hybridized carbons (Fsp3) is 0.400. The van der Waals surface area contributed by atoms with Crippen LogP contribution < -0.4 is 5.32 Å². The summed E-state index contributed by atoms with van der Waals surface area (Å²) in [6.45, 7) is 9.86. The van der Waals surface area contributed by atoms with E-state index in [4.69, 9.17) is 4.63 Å². The molecule has 0 saturated heterocycles. The Bertz CT molecular complexity index is 639. The molecule has 5 nitrogen and oxygen atoms in total. The molecule has 1 aromatic carbocycles. The van der Waals surface area contributed by atoms with Gasteiger partial charge in [0.2, 0.25) is 5.82 Å². The SMILES string of the molecule is Cc1ccc(C(=O)Nc2nonc2C(C)(C)C)c(C)c1. The van der Waals surface area contributed by atoms with Crippen LogP contribution >= 0.6 is 0 Å². The molecule has 0 spiro atoms. The number of nitrogens with zero attached hydrogens (tertiary/aromatic N) is 2. The van der Waals surface area contributed by atoms with Crippen molar-refractivity contribution < 1.29 is 9.42 Å². The first kappa shape index (κ1) is 14.2. The van der Waals surface area contributed by atoms with Crippen molar-refractivity contribution >= 4 is 11.7 Å². The lowest BCUT2D eigenvalue weighted by atomic mass is 9.92. The number of nitrogens with one attached hydrogen (secondary N) is 1. The number of aryl methyl sites for hydroxylation is 2. The number of benzene rings is 1. The lowest BCUT2D eigenvalue weighted by Crippen LogP contribution is -2.19. The fourth-order valence-electron chi connectivity index (χ4n) is 2.01. The van der Waals surface area contributed by atoms with Crippen LogP contribution in [-0.2, 0) is 5.41 Å². The second-order valence-corrected chi connectivity index (χ2v) is 5.98. The first-order chi connectivity index (χ1) is 9.29. The smallest absolute Gasteiger partial charge is 0.257 e. The molecule has 0 atom stereocenters. The van der Waals surface area contributed by atoms with Gasteiger partial charge in [0.25, 0.3) is 5.91 Å². The second-order valence-electron chi connectivity index (χ2n) is 5.98. The molecule has 1 N–H and O–H groups in total. The van der Waals surface area contributed by atoms with Crippen molar-refractivity contribution in [2.45, 2.75) is 40.0 Å². The molecule has 1 heterocycles. The van der Waals surface area contributed by atoms with E-state index in [0.29, 0.717) is 17.1 Å². The number of aromatic nitrogens is 2. The summed E-state index contributed by atoms with van der Waals surface area (Å²) in [5.74, 6) is 0.172. The largest absolute Gasteiger partial charge is 0.302 e. The maximum atomic E-state index is 12.3. The summed E-state index contributed by atoms with van der Waals surface area (Å²) in [7, 11) is 0. The lowest BCUT2D eigenvalue weighted by molar-refractivity contribution is 0.102. The van der Waals surface area contributed by atoms with E-state index in [1.54, 1.807) is 0 Å². The van der Waals surface area contributed by atoms with Gasteiger partial charge in [-0.1, -0.05) is 43.6 Å². The van der Waals surface area contributed by atoms with Gasteiger partial charge >= 0.3 is 0 Å². The first-order valence-electron chi connectivity index (χ1n) is 6.50. The Hall–Kier alpha value is -2.17. The van der Waals surface area contributed by atoms with E-state index in [9.17, 15) is 4.79 Å². The number of amides is 1. The van der Waals surface area contributed by atoms with E-state index in [1.165, 1.54) is 0 Å². The molecule has 2 aromatic rings. The molecule has 0 aliphatic carbocycles. The molecule has 0 radical (unpaired) electrons. The highest BCUT2D eigenvalue weighted by Crippen LogP contribution is 2.26. The van der Waals surface area contributed by atoms with Crippen LogP contribution in [0.4, 0.5) is 5.82 Å². The zero-order valence-corrected chi connectivity index (χ0v) is 12.4. The van der Waals surface area contributed by atoms with Crippen LogP contribution in [0, 0.1) is 13.8 Å². The van der Waals surface area contributed by atoms with Crippen molar-refractivity contribution in [1.29, 1.82) is 0 Å². The van der Waals surface area contributed by atoms with Gasteiger partial charge in [0.15, 0.2) is 0 Å². The highest BCUT2D eigenvalue weighted by Gasteiger charge is 2.25. The number of anilines is 1. The van der Waals surface area contributed by atoms with Crippen molar-refractivity contribution in [2.24, 2.45) is 0 Å². The van der Waals surface area contributed by atoms with Crippen molar-refractivity contribution in [2.75, 3.05) is 5.32 Å². The molecule has 106 valence electrons. The average molecular weight is 273 g/mol. The Morgan fingerprint density at radius 1 is 1.20 bits per heavy atom. The Balaban J connectivity index is 2.27. The van der Waals surface area contributed by atoms with Gasteiger partial charge in [-0.15, -0.1) is 0 Å². The number of hydrogen-bond acceptors (Lipinski definition) is 4. The first-order valence-corrected chi connectivity index (χ1v) is 6.50. The van der Waals surface area contributed by atoms with E-state index >= 15 is 0 Å². The third kappa shape index (κ3) is 2.87. The van der Waals surface area contributed by atoms with E-state index in [-0.39, 0.29) is 11.3 Å². The van der Waals surface area contributed by atoms with Crippen LogP contribution in [0.15, 0.2) is 22.8 Å². The molecule has 0 aliphatic rings. The molecule has 0 bridgehead atoms. The molecule has 1 aromatic heterocycles. The number of hydrogen-bond donors (Lipinski definition) is 1. The van der Waals surface area contributed by atoms with Crippen molar-refractivity contribution in [3.63, 3.8) is 0 Å². The summed E-state index contributed by atoms with van der Waals surface area (Å²) in [4.78, 5) is 12.3. The van der Waals surface area contributed by atoms with Gasteiger partial charge in [0.1, 0.15) is 5.69 Å². The van der Waals surface area contributed by atoms with E-state index < -0.39 is 0 Å². The molecule has 0 saturated carbocycles. The molecule has 0 unspecified atom stereocenters. The van der Waals surface area contributed by atoms with Gasteiger partial charge in [-0.25, -0.2) is 4.63 Å². The zero-order chi connectivity index (χ0) is 14.9. The fourth-order valence-corrected chi connectivity index (χ4v) is 2.01. The summed E-state index contributed by atoms with van der Waals surface area (Å²) in [6, 6.07) is 5.69. The quantitative estimate of drug-likeness (QED) is 0.912. The Morgan fingerprint density at radius 3 is 2.50 bits per heavy atom. The van der Waals surface area contributed by atoms with Gasteiger partial charge in [-0.3, -0.25) is 4.79 Å². The summed E-state index contributed by atoms with van der Waals surface area (Å²) >= 11 is 0. The van der Waals surface area contributed by atoms with Crippen LogP contribution in [0.25, 0.3) is 0 Å². The molecule has 2 rings (SSSR count). The lowest BCUT2D eigenvalue weighted by Gasteiger charge is -2.15. The minimum Gasteiger partial charge on any atom is -0.302 e. The molecule has 1 amide bonds. The van der Waals surface area contributed by atoms with Crippen LogP contribution in [0.2, 0.25) is 0 Å². The molecule has 0 aliphatic heterocycles. The Kier molecular flexibility index (Phi) is 3.61. The standard InChI is InChI=1S/C15H19N3O2/c1-9-6-7-11(10(2)8-9)14(19)16-13-12(15(3,4)5)17-20-18-13/h6-8H,1-5H3,(H,16,18,19). The van der Waals surface area contributed by atoms with E-state index in [0.717, 1.165) is 11.1 Å². The van der Waals surface area contributed by atoms with Gasteiger partial charge in [0, 0.05) is 11.0 Å². The summed E-state index contributed by atoms with van der Waals surface area (Å²) in [5, 5.41) is 10.4. The monoisotopic (exact) mass is 273 g/mol. The van der Waals surface area contributed by atoms with Crippen molar-refractivity contribution in [1.82, 2.24) is 10.3 Å².